The zero-order valence-corrected chi connectivity index (χ0v) is 19.5. The highest BCUT2D eigenvalue weighted by atomic mass is 35.5. The molecule has 0 aliphatic rings. The summed E-state index contributed by atoms with van der Waals surface area (Å²) >= 11 is 7.41. The van der Waals surface area contributed by atoms with E-state index in [-0.39, 0.29) is 18.2 Å². The molecule has 8 heteroatoms. The van der Waals surface area contributed by atoms with Crippen molar-refractivity contribution in [3.05, 3.63) is 75.9 Å². The molecule has 0 aliphatic carbocycles. The van der Waals surface area contributed by atoms with Gasteiger partial charge in [-0.15, -0.1) is 11.3 Å². The summed E-state index contributed by atoms with van der Waals surface area (Å²) in [4.78, 5) is 32.6. The Morgan fingerprint density at radius 2 is 1.94 bits per heavy atom. The molecule has 2 aromatic carbocycles. The third kappa shape index (κ3) is 4.01. The van der Waals surface area contributed by atoms with Crippen molar-refractivity contribution in [3.63, 3.8) is 0 Å². The van der Waals surface area contributed by atoms with Crippen LogP contribution in [0.2, 0.25) is 5.02 Å². The van der Waals surface area contributed by atoms with Gasteiger partial charge in [0.15, 0.2) is 5.13 Å². The van der Waals surface area contributed by atoms with Crippen LogP contribution in [0.4, 0.5) is 5.13 Å². The highest BCUT2D eigenvalue weighted by Crippen LogP contribution is 2.31. The van der Waals surface area contributed by atoms with E-state index in [2.05, 4.69) is 4.98 Å². The quantitative estimate of drug-likeness (QED) is 0.383. The predicted molar refractivity (Wildman–Crippen MR) is 128 cm³/mol. The Morgan fingerprint density at radius 3 is 2.56 bits per heavy atom. The molecule has 0 aliphatic heterocycles. The molecule has 0 N–H and O–H groups in total. The molecule has 0 saturated carbocycles. The standard InChI is InChI=1S/C24H22ClN3O3S/c1-4-27(24-26-11-12-32-24)22(29)14-19-15(2)28(21-10-9-18(31-3)13-20(19)21)23(30)16-5-7-17(25)8-6-16/h5-13H,4,14H2,1-3H3. The predicted octanol–water partition coefficient (Wildman–Crippen LogP) is 5.35. The molecule has 1 amide bonds. The third-order valence-electron chi connectivity index (χ3n) is 5.43. The number of ether oxygens (including phenoxy) is 1. The van der Waals surface area contributed by atoms with Gasteiger partial charge < -0.3 is 4.74 Å². The first kappa shape index (κ1) is 22.0. The molecule has 0 atom stereocenters. The van der Waals surface area contributed by atoms with Crippen molar-refractivity contribution in [2.75, 3.05) is 18.6 Å². The highest BCUT2D eigenvalue weighted by molar-refractivity contribution is 7.13. The molecule has 164 valence electrons. The molecule has 4 rings (SSSR count). The minimum absolute atomic E-state index is 0.0774. The van der Waals surface area contributed by atoms with Crippen LogP contribution in [0.3, 0.4) is 0 Å². The Bertz CT molecular complexity index is 1280. The second-order valence-corrected chi connectivity index (χ2v) is 8.53. The van der Waals surface area contributed by atoms with Crippen LogP contribution >= 0.6 is 22.9 Å². The van der Waals surface area contributed by atoms with E-state index >= 15 is 0 Å². The molecule has 0 bridgehead atoms. The number of benzene rings is 2. The summed E-state index contributed by atoms with van der Waals surface area (Å²) < 4.78 is 7.06. The number of hydrogen-bond donors (Lipinski definition) is 0. The fourth-order valence-electron chi connectivity index (χ4n) is 3.81. The molecule has 0 radical (unpaired) electrons. The number of rotatable bonds is 6. The molecule has 0 spiro atoms. The molecule has 0 saturated heterocycles. The summed E-state index contributed by atoms with van der Waals surface area (Å²) in [6, 6.07) is 12.3. The van der Waals surface area contributed by atoms with Gasteiger partial charge in [-0.1, -0.05) is 11.6 Å². The minimum Gasteiger partial charge on any atom is -0.497 e. The van der Waals surface area contributed by atoms with E-state index in [0.717, 1.165) is 22.2 Å². The Labute approximate surface area is 195 Å². The second kappa shape index (κ2) is 9.14. The average Bonchev–Trinajstić information content (AvgIpc) is 3.41. The lowest BCUT2D eigenvalue weighted by Gasteiger charge is -2.18. The Hall–Kier alpha value is -3.16. The van der Waals surface area contributed by atoms with Crippen molar-refractivity contribution in [1.29, 1.82) is 0 Å². The SMILES string of the molecule is CCN(C(=O)Cc1c(C)n(C(=O)c2ccc(Cl)cc2)c2ccc(OC)cc12)c1nccs1. The number of likely N-dealkylation sites (N-methyl/N-ethyl adjacent to an activating group) is 1. The summed E-state index contributed by atoms with van der Waals surface area (Å²) in [5.41, 5.74) is 2.75. The van der Waals surface area contributed by atoms with Crippen LogP contribution in [-0.2, 0) is 11.2 Å². The number of aromatic nitrogens is 2. The number of amides is 1. The summed E-state index contributed by atoms with van der Waals surface area (Å²) in [5.74, 6) is 0.404. The van der Waals surface area contributed by atoms with Crippen LogP contribution in [0.25, 0.3) is 10.9 Å². The van der Waals surface area contributed by atoms with E-state index in [1.54, 1.807) is 47.0 Å². The Kier molecular flexibility index (Phi) is 6.30. The van der Waals surface area contributed by atoms with Gasteiger partial charge >= 0.3 is 0 Å². The number of fused-ring (bicyclic) bond motifs is 1. The van der Waals surface area contributed by atoms with Crippen molar-refractivity contribution in [1.82, 2.24) is 9.55 Å². The number of methoxy groups -OCH3 is 1. The first-order valence-corrected chi connectivity index (χ1v) is 11.4. The second-order valence-electron chi connectivity index (χ2n) is 7.22. The van der Waals surface area contributed by atoms with Gasteiger partial charge in [0, 0.05) is 39.8 Å². The van der Waals surface area contributed by atoms with Crippen LogP contribution in [0.15, 0.2) is 54.0 Å². The Morgan fingerprint density at radius 1 is 1.19 bits per heavy atom. The lowest BCUT2D eigenvalue weighted by molar-refractivity contribution is -0.117. The lowest BCUT2D eigenvalue weighted by Crippen LogP contribution is -2.32. The summed E-state index contributed by atoms with van der Waals surface area (Å²) in [7, 11) is 1.59. The molecular formula is C24H22ClN3O3S. The molecule has 2 aromatic heterocycles. The molecule has 2 heterocycles. The van der Waals surface area contributed by atoms with Gasteiger partial charge in [-0.05, 0) is 61.9 Å². The fourth-order valence-corrected chi connectivity index (χ4v) is 4.66. The molecule has 4 aromatic rings. The van der Waals surface area contributed by atoms with Crippen LogP contribution in [0.1, 0.15) is 28.5 Å². The van der Waals surface area contributed by atoms with Crippen LogP contribution in [-0.4, -0.2) is 35.0 Å². The molecule has 6 nitrogen and oxygen atoms in total. The highest BCUT2D eigenvalue weighted by Gasteiger charge is 2.24. The van der Waals surface area contributed by atoms with Crippen molar-refractivity contribution >= 4 is 50.8 Å². The van der Waals surface area contributed by atoms with E-state index in [4.69, 9.17) is 16.3 Å². The van der Waals surface area contributed by atoms with Gasteiger partial charge in [-0.3, -0.25) is 19.1 Å². The average molecular weight is 468 g/mol. The number of halogens is 1. The van der Waals surface area contributed by atoms with Crippen LogP contribution in [0.5, 0.6) is 5.75 Å². The van der Waals surface area contributed by atoms with Gasteiger partial charge in [-0.2, -0.15) is 0 Å². The number of carbonyl (C=O) groups excluding carboxylic acids is 2. The van der Waals surface area contributed by atoms with Gasteiger partial charge in [0.2, 0.25) is 5.91 Å². The number of nitrogens with zero attached hydrogens (tertiary/aromatic N) is 3. The van der Waals surface area contributed by atoms with Crippen LogP contribution in [0, 0.1) is 6.92 Å². The Balaban J connectivity index is 1.81. The van der Waals surface area contributed by atoms with Crippen molar-refractivity contribution in [2.24, 2.45) is 0 Å². The number of thiazole rings is 1. The van der Waals surface area contributed by atoms with E-state index in [9.17, 15) is 9.59 Å². The molecule has 0 unspecified atom stereocenters. The zero-order valence-electron chi connectivity index (χ0n) is 18.0. The molecular weight excluding hydrogens is 446 g/mol. The fraction of sp³-hybridized carbons (Fsp3) is 0.208. The number of carbonyl (C=O) groups is 2. The van der Waals surface area contributed by atoms with Crippen molar-refractivity contribution in [3.8, 4) is 5.75 Å². The van der Waals surface area contributed by atoms with Gasteiger partial charge in [0.05, 0.1) is 19.0 Å². The summed E-state index contributed by atoms with van der Waals surface area (Å²) in [5, 5.41) is 3.88. The topological polar surface area (TPSA) is 64.4 Å². The van der Waals surface area contributed by atoms with Gasteiger partial charge in [-0.25, -0.2) is 4.98 Å². The number of hydrogen-bond acceptors (Lipinski definition) is 5. The summed E-state index contributed by atoms with van der Waals surface area (Å²) in [6.07, 6.45) is 1.83. The minimum atomic E-state index is -0.180. The molecule has 32 heavy (non-hydrogen) atoms. The normalized spacial score (nSPS) is 11.0. The van der Waals surface area contributed by atoms with Crippen LogP contribution < -0.4 is 9.64 Å². The van der Waals surface area contributed by atoms with E-state index < -0.39 is 0 Å². The van der Waals surface area contributed by atoms with Crippen molar-refractivity contribution < 1.29 is 14.3 Å². The van der Waals surface area contributed by atoms with Crippen molar-refractivity contribution in [2.45, 2.75) is 20.3 Å². The van der Waals surface area contributed by atoms with Gasteiger partial charge in [0.25, 0.3) is 5.91 Å². The first-order valence-electron chi connectivity index (χ1n) is 10.1. The molecule has 0 fully saturated rings. The van der Waals surface area contributed by atoms with E-state index in [1.807, 2.05) is 37.4 Å². The smallest absolute Gasteiger partial charge is 0.262 e. The maximum Gasteiger partial charge on any atom is 0.262 e. The summed E-state index contributed by atoms with van der Waals surface area (Å²) in [6.45, 7) is 4.29. The van der Waals surface area contributed by atoms with E-state index in [1.165, 1.54) is 11.3 Å². The maximum absolute atomic E-state index is 13.4. The first-order chi connectivity index (χ1) is 15.4. The van der Waals surface area contributed by atoms with E-state index in [0.29, 0.717) is 28.0 Å². The van der Waals surface area contributed by atoms with Gasteiger partial charge in [0.1, 0.15) is 5.75 Å². The maximum atomic E-state index is 13.4. The third-order valence-corrected chi connectivity index (χ3v) is 6.48. The zero-order chi connectivity index (χ0) is 22.8. The lowest BCUT2D eigenvalue weighted by atomic mass is 10.1. The monoisotopic (exact) mass is 467 g/mol. The largest absolute Gasteiger partial charge is 0.497 e. The number of anilines is 1.